The molecule has 1 atom stereocenters. The number of aromatic nitrogens is 1. The molecule has 1 heterocycles. The minimum atomic E-state index is 0.412. The second kappa shape index (κ2) is 8.19. The van der Waals surface area contributed by atoms with Crippen molar-refractivity contribution in [2.24, 2.45) is 0 Å². The third kappa shape index (κ3) is 4.72. The molecule has 0 amide bonds. The summed E-state index contributed by atoms with van der Waals surface area (Å²) in [5.74, 6) is 0. The maximum Gasteiger partial charge on any atom is 0.0615 e. The van der Waals surface area contributed by atoms with Crippen LogP contribution in [0.15, 0.2) is 18.2 Å². The third-order valence-corrected chi connectivity index (χ3v) is 3.02. The van der Waals surface area contributed by atoms with Gasteiger partial charge in [-0.1, -0.05) is 13.0 Å². The predicted octanol–water partition coefficient (Wildman–Crippen LogP) is 1.66. The Balaban J connectivity index is 2.66. The molecular formula is C14H25N3O. The minimum absolute atomic E-state index is 0.412. The molecule has 0 fully saturated rings. The molecule has 102 valence electrons. The molecule has 0 bridgehead atoms. The van der Waals surface area contributed by atoms with Crippen LogP contribution < -0.4 is 5.32 Å². The standard InChI is InChI=1S/C14H25N3O/c1-5-17(12(2)11-18-4)10-14-8-6-7-13(16-14)9-15-3/h6-8,12,15H,5,9-11H2,1-4H3. The summed E-state index contributed by atoms with van der Waals surface area (Å²) in [5, 5.41) is 3.13. The summed E-state index contributed by atoms with van der Waals surface area (Å²) in [5.41, 5.74) is 2.21. The van der Waals surface area contributed by atoms with E-state index in [-0.39, 0.29) is 0 Å². The van der Waals surface area contributed by atoms with E-state index < -0.39 is 0 Å². The highest BCUT2D eigenvalue weighted by Gasteiger charge is 2.12. The molecule has 4 heteroatoms. The molecule has 0 aliphatic carbocycles. The lowest BCUT2D eigenvalue weighted by Gasteiger charge is -2.26. The van der Waals surface area contributed by atoms with E-state index in [0.717, 1.165) is 37.6 Å². The minimum Gasteiger partial charge on any atom is -0.383 e. The second-order valence-electron chi connectivity index (χ2n) is 4.52. The van der Waals surface area contributed by atoms with Crippen LogP contribution in [0.4, 0.5) is 0 Å². The van der Waals surface area contributed by atoms with Crippen molar-refractivity contribution in [1.82, 2.24) is 15.2 Å². The van der Waals surface area contributed by atoms with E-state index in [1.54, 1.807) is 7.11 Å². The van der Waals surface area contributed by atoms with E-state index in [2.05, 4.69) is 47.2 Å². The van der Waals surface area contributed by atoms with Crippen LogP contribution >= 0.6 is 0 Å². The van der Waals surface area contributed by atoms with Crippen molar-refractivity contribution in [2.45, 2.75) is 33.0 Å². The molecule has 18 heavy (non-hydrogen) atoms. The molecule has 1 aromatic rings. The highest BCUT2D eigenvalue weighted by molar-refractivity contribution is 5.11. The topological polar surface area (TPSA) is 37.4 Å². The average molecular weight is 251 g/mol. The van der Waals surface area contributed by atoms with Crippen molar-refractivity contribution >= 4 is 0 Å². The van der Waals surface area contributed by atoms with Crippen molar-refractivity contribution in [1.29, 1.82) is 0 Å². The van der Waals surface area contributed by atoms with Gasteiger partial charge in [-0.15, -0.1) is 0 Å². The molecule has 0 radical (unpaired) electrons. The highest BCUT2D eigenvalue weighted by atomic mass is 16.5. The van der Waals surface area contributed by atoms with Gasteiger partial charge in [-0.3, -0.25) is 9.88 Å². The van der Waals surface area contributed by atoms with Gasteiger partial charge in [0.15, 0.2) is 0 Å². The molecule has 1 N–H and O–H groups in total. The molecule has 1 unspecified atom stereocenters. The van der Waals surface area contributed by atoms with Crippen LogP contribution in [0.2, 0.25) is 0 Å². The number of hydrogen-bond donors (Lipinski definition) is 1. The first-order valence-corrected chi connectivity index (χ1v) is 6.53. The quantitative estimate of drug-likeness (QED) is 0.762. The van der Waals surface area contributed by atoms with Gasteiger partial charge < -0.3 is 10.1 Å². The Hall–Kier alpha value is -0.970. The summed E-state index contributed by atoms with van der Waals surface area (Å²) >= 11 is 0. The number of methoxy groups -OCH3 is 1. The van der Waals surface area contributed by atoms with Crippen LogP contribution in [-0.4, -0.2) is 43.2 Å². The van der Waals surface area contributed by atoms with E-state index >= 15 is 0 Å². The molecule has 0 saturated carbocycles. The van der Waals surface area contributed by atoms with E-state index in [1.807, 2.05) is 7.05 Å². The Bertz CT molecular complexity index is 344. The summed E-state index contributed by atoms with van der Waals surface area (Å²) in [6.07, 6.45) is 0. The number of ether oxygens (including phenoxy) is 1. The Labute approximate surface area is 110 Å². The number of nitrogens with one attached hydrogen (secondary N) is 1. The van der Waals surface area contributed by atoms with Gasteiger partial charge in [0, 0.05) is 26.2 Å². The van der Waals surface area contributed by atoms with Crippen LogP contribution in [0.25, 0.3) is 0 Å². The van der Waals surface area contributed by atoms with Crippen LogP contribution in [0, 0.1) is 0 Å². The smallest absolute Gasteiger partial charge is 0.0615 e. The fraction of sp³-hybridized carbons (Fsp3) is 0.643. The summed E-state index contributed by atoms with van der Waals surface area (Å²) in [7, 11) is 3.68. The van der Waals surface area contributed by atoms with Gasteiger partial charge in [0.1, 0.15) is 0 Å². The Morgan fingerprint density at radius 1 is 1.39 bits per heavy atom. The fourth-order valence-electron chi connectivity index (χ4n) is 2.03. The molecule has 1 rings (SSSR count). The molecule has 0 saturated heterocycles. The second-order valence-corrected chi connectivity index (χ2v) is 4.52. The van der Waals surface area contributed by atoms with Gasteiger partial charge in [-0.05, 0) is 32.6 Å². The molecule has 0 aliphatic rings. The maximum atomic E-state index is 5.21. The lowest BCUT2D eigenvalue weighted by molar-refractivity contribution is 0.0974. The van der Waals surface area contributed by atoms with Crippen molar-refractivity contribution in [3.63, 3.8) is 0 Å². The zero-order valence-corrected chi connectivity index (χ0v) is 11.9. The predicted molar refractivity (Wildman–Crippen MR) is 74.4 cm³/mol. The number of likely N-dealkylation sites (N-methyl/N-ethyl adjacent to an activating group) is 1. The lowest BCUT2D eigenvalue weighted by Crippen LogP contribution is -2.35. The van der Waals surface area contributed by atoms with E-state index in [0.29, 0.717) is 6.04 Å². The van der Waals surface area contributed by atoms with E-state index in [4.69, 9.17) is 4.74 Å². The van der Waals surface area contributed by atoms with Gasteiger partial charge in [-0.25, -0.2) is 0 Å². The molecule has 4 nitrogen and oxygen atoms in total. The Kier molecular flexibility index (Phi) is 6.86. The molecule has 0 aromatic carbocycles. The molecule has 0 aliphatic heterocycles. The van der Waals surface area contributed by atoms with Crippen molar-refractivity contribution in [3.05, 3.63) is 29.6 Å². The van der Waals surface area contributed by atoms with Crippen molar-refractivity contribution in [2.75, 3.05) is 27.3 Å². The average Bonchev–Trinajstić information content (AvgIpc) is 2.37. The van der Waals surface area contributed by atoms with Crippen molar-refractivity contribution in [3.8, 4) is 0 Å². The Morgan fingerprint density at radius 2 is 2.11 bits per heavy atom. The van der Waals surface area contributed by atoms with E-state index in [9.17, 15) is 0 Å². The summed E-state index contributed by atoms with van der Waals surface area (Å²) in [6, 6.07) is 6.62. The largest absolute Gasteiger partial charge is 0.383 e. The summed E-state index contributed by atoms with van der Waals surface area (Å²) in [4.78, 5) is 7.02. The van der Waals surface area contributed by atoms with Gasteiger partial charge >= 0.3 is 0 Å². The van der Waals surface area contributed by atoms with Gasteiger partial charge in [-0.2, -0.15) is 0 Å². The first kappa shape index (κ1) is 15.1. The summed E-state index contributed by atoms with van der Waals surface area (Å²) in [6.45, 7) is 7.80. The zero-order valence-electron chi connectivity index (χ0n) is 11.9. The normalized spacial score (nSPS) is 12.9. The number of rotatable bonds is 8. The van der Waals surface area contributed by atoms with Crippen LogP contribution in [-0.2, 0) is 17.8 Å². The van der Waals surface area contributed by atoms with E-state index in [1.165, 1.54) is 0 Å². The van der Waals surface area contributed by atoms with Gasteiger partial charge in [0.25, 0.3) is 0 Å². The van der Waals surface area contributed by atoms with Crippen LogP contribution in [0.1, 0.15) is 25.2 Å². The maximum absolute atomic E-state index is 5.21. The highest BCUT2D eigenvalue weighted by Crippen LogP contribution is 2.07. The zero-order chi connectivity index (χ0) is 13.4. The van der Waals surface area contributed by atoms with Crippen LogP contribution in [0.3, 0.4) is 0 Å². The lowest BCUT2D eigenvalue weighted by atomic mass is 10.2. The van der Waals surface area contributed by atoms with Gasteiger partial charge in [0.05, 0.1) is 18.0 Å². The number of nitrogens with zero attached hydrogens (tertiary/aromatic N) is 2. The van der Waals surface area contributed by atoms with Crippen molar-refractivity contribution < 1.29 is 4.74 Å². The molecule has 1 aromatic heterocycles. The summed E-state index contributed by atoms with van der Waals surface area (Å²) < 4.78 is 5.21. The third-order valence-electron chi connectivity index (χ3n) is 3.02. The Morgan fingerprint density at radius 3 is 2.72 bits per heavy atom. The fourth-order valence-corrected chi connectivity index (χ4v) is 2.03. The first-order chi connectivity index (χ1) is 8.71. The number of hydrogen-bond acceptors (Lipinski definition) is 4. The molecular weight excluding hydrogens is 226 g/mol. The van der Waals surface area contributed by atoms with Crippen LogP contribution in [0.5, 0.6) is 0 Å². The molecule has 0 spiro atoms. The van der Waals surface area contributed by atoms with Gasteiger partial charge in [0.2, 0.25) is 0 Å². The first-order valence-electron chi connectivity index (χ1n) is 6.53. The number of pyridine rings is 1. The monoisotopic (exact) mass is 251 g/mol. The SMILES string of the molecule is CCN(Cc1cccc(CNC)n1)C(C)COC.